The molecule has 1 atom stereocenters. The van der Waals surface area contributed by atoms with Gasteiger partial charge in [0.1, 0.15) is 11.9 Å². The highest BCUT2D eigenvalue weighted by Crippen LogP contribution is 2.28. The summed E-state index contributed by atoms with van der Waals surface area (Å²) in [6.45, 7) is 4.09. The summed E-state index contributed by atoms with van der Waals surface area (Å²) in [6.07, 6.45) is -1.07. The van der Waals surface area contributed by atoms with E-state index in [1.807, 2.05) is 17.0 Å². The zero-order valence-corrected chi connectivity index (χ0v) is 20.1. The molecule has 2 fully saturated rings. The standard InChI is InChI=1S/C24H27ClFN5O4/c1-16(32)27-14-20-15-31(24(34)35-20)19-6-7-22(21(26)12-19)29-8-10-30(11-9-29)23(33)28-13-17-2-4-18(25)5-3-17/h2-7,12,20H,8-11,13-15H2,1H3,(H,27,32)(H,28,33)/t20-/m0/s1. The van der Waals surface area contributed by atoms with Gasteiger partial charge in [0.25, 0.3) is 0 Å². The number of hydrogen-bond donors (Lipinski definition) is 2. The van der Waals surface area contributed by atoms with E-state index in [2.05, 4.69) is 10.6 Å². The van der Waals surface area contributed by atoms with Gasteiger partial charge in [-0.2, -0.15) is 0 Å². The van der Waals surface area contributed by atoms with Crippen LogP contribution in [0.4, 0.5) is 25.4 Å². The number of carbonyl (C=O) groups excluding carboxylic acids is 3. The molecule has 4 amide bonds. The Balaban J connectivity index is 1.29. The van der Waals surface area contributed by atoms with Crippen molar-refractivity contribution in [3.8, 4) is 0 Å². The third kappa shape index (κ3) is 6.13. The van der Waals surface area contributed by atoms with Crippen LogP contribution in [0.3, 0.4) is 0 Å². The summed E-state index contributed by atoms with van der Waals surface area (Å²) in [5.41, 5.74) is 1.76. The van der Waals surface area contributed by atoms with E-state index in [0.717, 1.165) is 5.56 Å². The van der Waals surface area contributed by atoms with E-state index < -0.39 is 18.0 Å². The highest BCUT2D eigenvalue weighted by molar-refractivity contribution is 6.30. The Kier molecular flexibility index (Phi) is 7.60. The number of piperazine rings is 1. The fourth-order valence-corrected chi connectivity index (χ4v) is 4.18. The van der Waals surface area contributed by atoms with E-state index in [0.29, 0.717) is 49.1 Å². The summed E-state index contributed by atoms with van der Waals surface area (Å²) >= 11 is 5.88. The monoisotopic (exact) mass is 503 g/mol. The number of halogens is 2. The number of benzene rings is 2. The lowest BCUT2D eigenvalue weighted by atomic mass is 10.2. The number of ether oxygens (including phenoxy) is 1. The first-order valence-electron chi connectivity index (χ1n) is 11.3. The second-order valence-electron chi connectivity index (χ2n) is 8.45. The zero-order chi connectivity index (χ0) is 24.9. The molecule has 2 saturated heterocycles. The van der Waals surface area contributed by atoms with Crippen LogP contribution in [0, 0.1) is 5.82 Å². The minimum Gasteiger partial charge on any atom is -0.442 e. The van der Waals surface area contributed by atoms with Crippen molar-refractivity contribution >= 4 is 41.0 Å². The maximum atomic E-state index is 15.0. The van der Waals surface area contributed by atoms with E-state index >= 15 is 0 Å². The van der Waals surface area contributed by atoms with Crippen LogP contribution in [0.15, 0.2) is 42.5 Å². The van der Waals surface area contributed by atoms with Crippen LogP contribution in [0.1, 0.15) is 12.5 Å². The number of anilines is 2. The highest BCUT2D eigenvalue weighted by atomic mass is 35.5. The predicted molar refractivity (Wildman–Crippen MR) is 130 cm³/mol. The van der Waals surface area contributed by atoms with Gasteiger partial charge in [0, 0.05) is 44.7 Å². The van der Waals surface area contributed by atoms with Gasteiger partial charge in [0.2, 0.25) is 5.91 Å². The quantitative estimate of drug-likeness (QED) is 0.632. The van der Waals surface area contributed by atoms with E-state index in [1.54, 1.807) is 29.2 Å². The van der Waals surface area contributed by atoms with Gasteiger partial charge in [-0.15, -0.1) is 0 Å². The summed E-state index contributed by atoms with van der Waals surface area (Å²) in [5, 5.41) is 6.15. The number of amides is 4. The van der Waals surface area contributed by atoms with Crippen molar-refractivity contribution in [2.75, 3.05) is 49.1 Å². The zero-order valence-electron chi connectivity index (χ0n) is 19.3. The SMILES string of the molecule is CC(=O)NC[C@H]1CN(c2ccc(N3CCN(C(=O)NCc4ccc(Cl)cc4)CC3)c(F)c2)C(=O)O1. The predicted octanol–water partition coefficient (Wildman–Crippen LogP) is 2.97. The van der Waals surface area contributed by atoms with Crippen LogP contribution < -0.4 is 20.4 Å². The number of hydrogen-bond acceptors (Lipinski definition) is 5. The molecule has 0 radical (unpaired) electrons. The average Bonchev–Trinajstić information content (AvgIpc) is 3.22. The number of rotatable bonds is 6. The molecule has 2 aromatic rings. The normalized spacial score (nSPS) is 17.9. The van der Waals surface area contributed by atoms with Crippen LogP contribution in [0.2, 0.25) is 5.02 Å². The van der Waals surface area contributed by atoms with Crippen molar-refractivity contribution in [2.24, 2.45) is 0 Å². The van der Waals surface area contributed by atoms with Gasteiger partial charge in [0.15, 0.2) is 0 Å². The van der Waals surface area contributed by atoms with Gasteiger partial charge < -0.3 is 25.2 Å². The van der Waals surface area contributed by atoms with E-state index in [4.69, 9.17) is 16.3 Å². The largest absolute Gasteiger partial charge is 0.442 e. The minimum absolute atomic E-state index is 0.170. The molecule has 0 bridgehead atoms. The van der Waals surface area contributed by atoms with Gasteiger partial charge in [-0.3, -0.25) is 9.69 Å². The van der Waals surface area contributed by atoms with Gasteiger partial charge >= 0.3 is 12.1 Å². The lowest BCUT2D eigenvalue weighted by molar-refractivity contribution is -0.119. The first kappa shape index (κ1) is 24.6. The molecule has 2 aromatic carbocycles. The Labute approximate surface area is 207 Å². The topological polar surface area (TPSA) is 94.2 Å². The lowest BCUT2D eigenvalue weighted by Crippen LogP contribution is -2.51. The Morgan fingerprint density at radius 2 is 1.80 bits per heavy atom. The van der Waals surface area contributed by atoms with E-state index in [1.165, 1.54) is 17.9 Å². The molecule has 2 heterocycles. The van der Waals surface area contributed by atoms with Crippen LogP contribution in [0.5, 0.6) is 0 Å². The molecule has 0 aromatic heterocycles. The first-order chi connectivity index (χ1) is 16.8. The molecule has 0 unspecified atom stereocenters. The Morgan fingerprint density at radius 1 is 1.09 bits per heavy atom. The van der Waals surface area contributed by atoms with E-state index in [-0.39, 0.29) is 25.0 Å². The summed E-state index contributed by atoms with van der Waals surface area (Å²) in [7, 11) is 0. The van der Waals surface area contributed by atoms with Crippen LogP contribution in [-0.2, 0) is 16.1 Å². The van der Waals surface area contributed by atoms with Gasteiger partial charge in [0.05, 0.1) is 24.5 Å². The van der Waals surface area contributed by atoms with Crippen molar-refractivity contribution < 1.29 is 23.5 Å². The van der Waals surface area contributed by atoms with Crippen molar-refractivity contribution in [1.82, 2.24) is 15.5 Å². The Hall–Kier alpha value is -3.53. The number of nitrogens with zero attached hydrogens (tertiary/aromatic N) is 3. The van der Waals surface area contributed by atoms with Crippen LogP contribution in [-0.4, -0.2) is 68.3 Å². The van der Waals surface area contributed by atoms with Crippen molar-refractivity contribution in [3.63, 3.8) is 0 Å². The number of nitrogens with one attached hydrogen (secondary N) is 2. The van der Waals surface area contributed by atoms with Crippen molar-refractivity contribution in [2.45, 2.75) is 19.6 Å². The van der Waals surface area contributed by atoms with E-state index in [9.17, 15) is 18.8 Å². The molecule has 4 rings (SSSR count). The molecule has 186 valence electrons. The first-order valence-corrected chi connectivity index (χ1v) is 11.7. The molecule has 0 aliphatic carbocycles. The number of cyclic esters (lactones) is 1. The highest BCUT2D eigenvalue weighted by Gasteiger charge is 2.33. The fourth-order valence-electron chi connectivity index (χ4n) is 4.06. The van der Waals surface area contributed by atoms with Gasteiger partial charge in [-0.1, -0.05) is 23.7 Å². The molecule has 9 nitrogen and oxygen atoms in total. The van der Waals surface area contributed by atoms with Gasteiger partial charge in [-0.05, 0) is 35.9 Å². The van der Waals surface area contributed by atoms with Crippen LogP contribution in [0.25, 0.3) is 0 Å². The number of urea groups is 1. The summed E-state index contributed by atoms with van der Waals surface area (Å²) in [6, 6.07) is 11.7. The van der Waals surface area contributed by atoms with Crippen molar-refractivity contribution in [3.05, 3.63) is 58.9 Å². The molecule has 2 N–H and O–H groups in total. The van der Waals surface area contributed by atoms with Crippen LogP contribution >= 0.6 is 11.6 Å². The second kappa shape index (κ2) is 10.8. The molecule has 11 heteroatoms. The summed E-state index contributed by atoms with van der Waals surface area (Å²) in [4.78, 5) is 40.7. The molecule has 0 saturated carbocycles. The van der Waals surface area contributed by atoms with Crippen molar-refractivity contribution in [1.29, 1.82) is 0 Å². The molecule has 2 aliphatic heterocycles. The minimum atomic E-state index is -0.578. The maximum absolute atomic E-state index is 15.0. The van der Waals surface area contributed by atoms with Gasteiger partial charge in [-0.25, -0.2) is 14.0 Å². The molecular formula is C24H27ClFN5O4. The maximum Gasteiger partial charge on any atom is 0.414 e. The summed E-state index contributed by atoms with van der Waals surface area (Å²) < 4.78 is 20.2. The number of carbonyl (C=O) groups is 3. The molecule has 2 aliphatic rings. The fraction of sp³-hybridized carbons (Fsp3) is 0.375. The smallest absolute Gasteiger partial charge is 0.414 e. The lowest BCUT2D eigenvalue weighted by Gasteiger charge is -2.36. The second-order valence-corrected chi connectivity index (χ2v) is 8.88. The Bertz CT molecular complexity index is 1090. The summed E-state index contributed by atoms with van der Waals surface area (Å²) in [5.74, 6) is -0.671. The third-order valence-electron chi connectivity index (χ3n) is 5.96. The Morgan fingerprint density at radius 3 is 2.46 bits per heavy atom. The third-order valence-corrected chi connectivity index (χ3v) is 6.21. The molecule has 35 heavy (non-hydrogen) atoms. The average molecular weight is 504 g/mol. The molecule has 0 spiro atoms. The molecular weight excluding hydrogens is 477 g/mol.